The topological polar surface area (TPSA) is 44.8 Å². The second-order valence-electron chi connectivity index (χ2n) is 7.57. The van der Waals surface area contributed by atoms with Gasteiger partial charge in [-0.05, 0) is 59.7 Å². The number of carbonyl (C=O) groups excluding carboxylic acids is 1. The van der Waals surface area contributed by atoms with E-state index in [-0.39, 0.29) is 33.0 Å². The number of benzene rings is 2. The molecule has 0 fully saturated rings. The van der Waals surface area contributed by atoms with Crippen molar-refractivity contribution in [3.05, 3.63) is 46.5 Å². The van der Waals surface area contributed by atoms with E-state index in [0.717, 1.165) is 47.0 Å². The molecule has 2 aromatic carbocycles. The van der Waals surface area contributed by atoms with Crippen molar-refractivity contribution < 1.29 is 37.9 Å². The third-order valence-electron chi connectivity index (χ3n) is 4.58. The standard InChI is InChI=1S/C25H35O4P.Li/c1-7-10-27-20-15-21(28-11-8-2)24(22(16-20)29-12-9-3)30-25(26)23-18(5)13-17(4)14-19(23)6;/h13-16,30H,7-12H2,1-6H3;/q;+1. The van der Waals surface area contributed by atoms with E-state index >= 15 is 0 Å². The quantitative estimate of drug-likeness (QED) is 0.378. The molecule has 0 saturated heterocycles. The smallest absolute Gasteiger partial charge is 0.493 e. The van der Waals surface area contributed by atoms with Crippen LogP contribution >= 0.6 is 8.58 Å². The average Bonchev–Trinajstić information content (AvgIpc) is 2.69. The molecule has 4 nitrogen and oxygen atoms in total. The van der Waals surface area contributed by atoms with Gasteiger partial charge < -0.3 is 14.2 Å². The van der Waals surface area contributed by atoms with E-state index in [9.17, 15) is 4.79 Å². The zero-order valence-corrected chi connectivity index (χ0v) is 21.2. The van der Waals surface area contributed by atoms with Crippen LogP contribution in [0, 0.1) is 20.8 Å². The van der Waals surface area contributed by atoms with Crippen LogP contribution in [0.4, 0.5) is 0 Å². The van der Waals surface area contributed by atoms with Crippen molar-refractivity contribution in [1.29, 1.82) is 0 Å². The second-order valence-corrected chi connectivity index (χ2v) is 8.77. The van der Waals surface area contributed by atoms with E-state index in [4.69, 9.17) is 14.2 Å². The zero-order chi connectivity index (χ0) is 22.1. The third kappa shape index (κ3) is 7.87. The fraction of sp³-hybridized carbons (Fsp3) is 0.480. The zero-order valence-electron chi connectivity index (χ0n) is 20.2. The van der Waals surface area contributed by atoms with Gasteiger partial charge in [-0.2, -0.15) is 0 Å². The molecule has 0 aromatic heterocycles. The molecular weight excluding hydrogens is 402 g/mol. The summed E-state index contributed by atoms with van der Waals surface area (Å²) in [6, 6.07) is 7.92. The number of hydrogen-bond donors (Lipinski definition) is 0. The first-order valence-electron chi connectivity index (χ1n) is 10.9. The normalized spacial score (nSPS) is 10.8. The molecule has 1 unspecified atom stereocenters. The molecule has 0 bridgehead atoms. The van der Waals surface area contributed by atoms with E-state index in [2.05, 4.69) is 39.8 Å². The Bertz CT molecular complexity index is 815. The second kappa shape index (κ2) is 13.8. The van der Waals surface area contributed by atoms with Gasteiger partial charge in [0.2, 0.25) is 0 Å². The molecule has 0 amide bonds. The molecule has 31 heavy (non-hydrogen) atoms. The van der Waals surface area contributed by atoms with Crippen molar-refractivity contribution in [1.82, 2.24) is 0 Å². The SMILES string of the molecule is CCCOc1cc(OCCC)c(PC(=O)c2c(C)cc(C)cc2C)c(OCCC)c1.[Li+]. The number of ether oxygens (including phenoxy) is 3. The van der Waals surface area contributed by atoms with E-state index in [1.54, 1.807) is 0 Å². The van der Waals surface area contributed by atoms with Crippen molar-refractivity contribution in [3.8, 4) is 17.2 Å². The predicted octanol–water partition coefficient (Wildman–Crippen LogP) is 3.13. The number of aryl methyl sites for hydroxylation is 3. The molecule has 2 aromatic rings. The van der Waals surface area contributed by atoms with Gasteiger partial charge in [-0.1, -0.05) is 38.5 Å². The molecule has 0 saturated carbocycles. The fourth-order valence-electron chi connectivity index (χ4n) is 3.36. The molecule has 2 rings (SSSR count). The molecule has 0 radical (unpaired) electrons. The van der Waals surface area contributed by atoms with Gasteiger partial charge in [0, 0.05) is 17.7 Å². The molecule has 0 aliphatic carbocycles. The molecule has 164 valence electrons. The van der Waals surface area contributed by atoms with Gasteiger partial charge in [0.25, 0.3) is 0 Å². The van der Waals surface area contributed by atoms with Crippen LogP contribution in [0.3, 0.4) is 0 Å². The third-order valence-corrected chi connectivity index (χ3v) is 5.80. The number of hydrogen-bond acceptors (Lipinski definition) is 4. The molecular formula is C25H35LiO4P+. The van der Waals surface area contributed by atoms with Gasteiger partial charge >= 0.3 is 18.9 Å². The van der Waals surface area contributed by atoms with Crippen LogP contribution in [0.15, 0.2) is 24.3 Å². The van der Waals surface area contributed by atoms with Crippen molar-refractivity contribution >= 4 is 19.4 Å². The Kier molecular flexibility index (Phi) is 12.3. The van der Waals surface area contributed by atoms with Crippen LogP contribution in [-0.2, 0) is 0 Å². The van der Waals surface area contributed by atoms with Gasteiger partial charge in [-0.25, -0.2) is 0 Å². The molecule has 0 aliphatic rings. The van der Waals surface area contributed by atoms with E-state index in [1.165, 1.54) is 5.56 Å². The molecule has 0 heterocycles. The Morgan fingerprint density at radius 2 is 1.23 bits per heavy atom. The summed E-state index contributed by atoms with van der Waals surface area (Å²) in [4.78, 5) is 13.3. The largest absolute Gasteiger partial charge is 1.00 e. The molecule has 0 aliphatic heterocycles. The average molecular weight is 437 g/mol. The number of carbonyl (C=O) groups is 1. The van der Waals surface area contributed by atoms with Gasteiger partial charge in [0.15, 0.2) is 5.52 Å². The molecule has 0 N–H and O–H groups in total. The summed E-state index contributed by atoms with van der Waals surface area (Å²) >= 11 is 0. The Hall–Kier alpha value is -1.46. The summed E-state index contributed by atoms with van der Waals surface area (Å²) in [6.07, 6.45) is 2.69. The van der Waals surface area contributed by atoms with Crippen molar-refractivity contribution in [3.63, 3.8) is 0 Å². The summed E-state index contributed by atoms with van der Waals surface area (Å²) in [5, 5.41) is 0.824. The first-order chi connectivity index (χ1) is 14.4. The summed E-state index contributed by atoms with van der Waals surface area (Å²) < 4.78 is 17.9. The van der Waals surface area contributed by atoms with E-state index in [0.29, 0.717) is 31.3 Å². The van der Waals surface area contributed by atoms with Crippen LogP contribution in [0.1, 0.15) is 67.1 Å². The van der Waals surface area contributed by atoms with E-state index < -0.39 is 0 Å². The summed E-state index contributed by atoms with van der Waals surface area (Å²) in [6.45, 7) is 14.1. The van der Waals surface area contributed by atoms with Gasteiger partial charge in [0.1, 0.15) is 17.2 Å². The van der Waals surface area contributed by atoms with Gasteiger partial charge in [-0.3, -0.25) is 4.79 Å². The Labute approximate surface area is 201 Å². The van der Waals surface area contributed by atoms with Crippen LogP contribution < -0.4 is 38.4 Å². The van der Waals surface area contributed by atoms with Crippen LogP contribution in [-0.4, -0.2) is 25.3 Å². The van der Waals surface area contributed by atoms with Gasteiger partial charge in [0.05, 0.1) is 25.1 Å². The summed E-state index contributed by atoms with van der Waals surface area (Å²) in [5.74, 6) is 2.09. The first-order valence-corrected chi connectivity index (χ1v) is 11.9. The maximum Gasteiger partial charge on any atom is 1.00 e. The van der Waals surface area contributed by atoms with Crippen molar-refractivity contribution in [2.45, 2.75) is 60.8 Å². The predicted molar refractivity (Wildman–Crippen MR) is 127 cm³/mol. The minimum absolute atomic E-state index is 0. The van der Waals surface area contributed by atoms with Crippen LogP contribution in [0.5, 0.6) is 17.2 Å². The number of rotatable bonds is 12. The summed E-state index contributed by atoms with van der Waals surface area (Å²) in [5.41, 5.74) is 4.10. The Morgan fingerprint density at radius 3 is 1.68 bits per heavy atom. The monoisotopic (exact) mass is 437 g/mol. The Balaban J connectivity index is 0.00000480. The molecule has 0 spiro atoms. The molecule has 6 heteroatoms. The maximum absolute atomic E-state index is 13.3. The van der Waals surface area contributed by atoms with E-state index in [1.807, 2.05) is 26.0 Å². The minimum Gasteiger partial charge on any atom is -0.493 e. The fourth-order valence-corrected chi connectivity index (χ4v) is 4.64. The van der Waals surface area contributed by atoms with Crippen LogP contribution in [0.2, 0.25) is 0 Å². The van der Waals surface area contributed by atoms with Crippen molar-refractivity contribution in [2.24, 2.45) is 0 Å². The van der Waals surface area contributed by atoms with Crippen LogP contribution in [0.25, 0.3) is 0 Å². The first kappa shape index (κ1) is 27.6. The Morgan fingerprint density at radius 1 is 0.774 bits per heavy atom. The minimum atomic E-state index is -0.0803. The molecule has 1 atom stereocenters. The maximum atomic E-state index is 13.3. The summed E-state index contributed by atoms with van der Waals surface area (Å²) in [7, 11) is -0.0803. The van der Waals surface area contributed by atoms with Gasteiger partial charge in [-0.15, -0.1) is 0 Å². The van der Waals surface area contributed by atoms with Crippen molar-refractivity contribution in [2.75, 3.05) is 19.8 Å².